The number of nitrogens with zero attached hydrogens (tertiary/aromatic N) is 3. The van der Waals surface area contributed by atoms with Gasteiger partial charge in [-0.1, -0.05) is 42.5 Å². The second kappa shape index (κ2) is 9.52. The molecule has 0 bridgehead atoms. The zero-order valence-electron chi connectivity index (χ0n) is 15.8. The number of rotatable bonds is 7. The average molecular weight is 365 g/mol. The highest BCUT2D eigenvalue weighted by atomic mass is 16.5. The number of nitriles is 1. The van der Waals surface area contributed by atoms with Crippen molar-refractivity contribution in [3.8, 4) is 11.8 Å². The third kappa shape index (κ3) is 5.54. The Kier molecular flexibility index (Phi) is 6.83. The molecule has 0 unspecified atom stereocenters. The Morgan fingerprint density at radius 2 is 1.89 bits per heavy atom. The Labute approximate surface area is 161 Å². The van der Waals surface area contributed by atoms with E-state index in [1.807, 2.05) is 30.3 Å². The van der Waals surface area contributed by atoms with Crippen molar-refractivity contribution in [2.75, 3.05) is 39.8 Å². The van der Waals surface area contributed by atoms with E-state index >= 15 is 0 Å². The highest BCUT2D eigenvalue weighted by Gasteiger charge is 2.28. The molecule has 1 N–H and O–H groups in total. The Bertz CT molecular complexity index is 742. The van der Waals surface area contributed by atoms with Crippen molar-refractivity contribution < 1.29 is 9.84 Å². The lowest BCUT2D eigenvalue weighted by molar-refractivity contribution is 0.0217. The molecule has 0 amide bonds. The van der Waals surface area contributed by atoms with Crippen molar-refractivity contribution >= 4 is 0 Å². The van der Waals surface area contributed by atoms with Gasteiger partial charge in [0.2, 0.25) is 0 Å². The van der Waals surface area contributed by atoms with Gasteiger partial charge < -0.3 is 14.7 Å². The zero-order valence-corrected chi connectivity index (χ0v) is 15.8. The van der Waals surface area contributed by atoms with Gasteiger partial charge in [-0.05, 0) is 30.3 Å². The molecule has 1 saturated heterocycles. The maximum absolute atomic E-state index is 10.5. The maximum Gasteiger partial charge on any atom is 0.119 e. The predicted octanol–water partition coefficient (Wildman–Crippen LogP) is 2.48. The molecule has 0 aromatic heterocycles. The molecule has 1 fully saturated rings. The molecule has 2 aromatic rings. The average Bonchev–Trinajstić information content (AvgIpc) is 2.70. The number of β-amino-alcohol motifs (C(OH)–C–C–N with tert-alkyl or cyclic N) is 1. The Morgan fingerprint density at radius 3 is 2.59 bits per heavy atom. The lowest BCUT2D eigenvalue weighted by Crippen LogP contribution is -2.49. The molecule has 2 aromatic carbocycles. The summed E-state index contributed by atoms with van der Waals surface area (Å²) in [6.07, 6.45) is -0.161. The minimum atomic E-state index is -0.557. The van der Waals surface area contributed by atoms with Crippen molar-refractivity contribution in [2.24, 2.45) is 0 Å². The molecule has 1 aliphatic rings. The number of hydrogen-bond acceptors (Lipinski definition) is 5. The lowest BCUT2D eigenvalue weighted by atomic mass is 10.0. The van der Waals surface area contributed by atoms with E-state index in [-0.39, 0.29) is 12.6 Å². The monoisotopic (exact) mass is 365 g/mol. The highest BCUT2D eigenvalue weighted by Crippen LogP contribution is 2.25. The van der Waals surface area contributed by atoms with Gasteiger partial charge in [-0.3, -0.25) is 4.90 Å². The predicted molar refractivity (Wildman–Crippen MR) is 106 cm³/mol. The summed E-state index contributed by atoms with van der Waals surface area (Å²) in [7, 11) is 2.14. The van der Waals surface area contributed by atoms with E-state index in [4.69, 9.17) is 10.00 Å². The molecule has 5 heteroatoms. The second-order valence-electron chi connectivity index (χ2n) is 7.13. The molecular weight excluding hydrogens is 338 g/mol. The SMILES string of the molecule is CN1CCN(C[C@@H](O)COc2ccc(CC#N)cc2)[C@@H](c2ccccc2)C1. The normalized spacial score (nSPS) is 19.4. The summed E-state index contributed by atoms with van der Waals surface area (Å²) in [5.74, 6) is 0.716. The summed E-state index contributed by atoms with van der Waals surface area (Å²) in [5, 5.41) is 19.2. The van der Waals surface area contributed by atoms with Crippen LogP contribution in [0.15, 0.2) is 54.6 Å². The fraction of sp³-hybridized carbons (Fsp3) is 0.409. The van der Waals surface area contributed by atoms with Crippen LogP contribution in [0.2, 0.25) is 0 Å². The first-order chi connectivity index (χ1) is 13.2. The van der Waals surface area contributed by atoms with Crippen LogP contribution in [-0.2, 0) is 6.42 Å². The topological polar surface area (TPSA) is 59.7 Å². The van der Waals surface area contributed by atoms with Crippen LogP contribution >= 0.6 is 0 Å². The van der Waals surface area contributed by atoms with Crippen LogP contribution in [0, 0.1) is 11.3 Å². The summed E-state index contributed by atoms with van der Waals surface area (Å²) in [4.78, 5) is 4.68. The van der Waals surface area contributed by atoms with Crippen LogP contribution in [0.4, 0.5) is 0 Å². The van der Waals surface area contributed by atoms with E-state index in [1.165, 1.54) is 5.56 Å². The van der Waals surface area contributed by atoms with E-state index in [9.17, 15) is 5.11 Å². The minimum absolute atomic E-state index is 0.255. The number of piperazine rings is 1. The lowest BCUT2D eigenvalue weighted by Gasteiger charge is -2.41. The van der Waals surface area contributed by atoms with E-state index in [0.717, 1.165) is 25.2 Å². The van der Waals surface area contributed by atoms with Gasteiger partial charge in [0.05, 0.1) is 12.5 Å². The first-order valence-corrected chi connectivity index (χ1v) is 9.40. The van der Waals surface area contributed by atoms with E-state index in [1.54, 1.807) is 0 Å². The molecule has 5 nitrogen and oxygen atoms in total. The number of hydrogen-bond donors (Lipinski definition) is 1. The first-order valence-electron chi connectivity index (χ1n) is 9.40. The molecule has 2 atom stereocenters. The summed E-state index contributed by atoms with van der Waals surface area (Å²) in [6, 6.07) is 20.4. The molecule has 142 valence electrons. The van der Waals surface area contributed by atoms with Gasteiger partial charge in [0, 0.05) is 32.2 Å². The van der Waals surface area contributed by atoms with Gasteiger partial charge in [-0.15, -0.1) is 0 Å². The van der Waals surface area contributed by atoms with Gasteiger partial charge in [-0.25, -0.2) is 0 Å². The van der Waals surface area contributed by atoms with Crippen LogP contribution in [0.25, 0.3) is 0 Å². The molecule has 0 radical (unpaired) electrons. The molecule has 0 aliphatic carbocycles. The molecule has 1 heterocycles. The van der Waals surface area contributed by atoms with Crippen LogP contribution in [-0.4, -0.2) is 60.8 Å². The van der Waals surface area contributed by atoms with Crippen LogP contribution in [0.3, 0.4) is 0 Å². The molecular formula is C22H27N3O2. The smallest absolute Gasteiger partial charge is 0.119 e. The van der Waals surface area contributed by atoms with Crippen molar-refractivity contribution in [3.05, 3.63) is 65.7 Å². The van der Waals surface area contributed by atoms with Crippen LogP contribution in [0.1, 0.15) is 17.2 Å². The maximum atomic E-state index is 10.5. The number of likely N-dealkylation sites (N-methyl/N-ethyl adjacent to an activating group) is 1. The number of ether oxygens (including phenoxy) is 1. The van der Waals surface area contributed by atoms with E-state index in [0.29, 0.717) is 18.7 Å². The third-order valence-corrected chi connectivity index (χ3v) is 4.97. The largest absolute Gasteiger partial charge is 0.491 e. The summed E-state index contributed by atoms with van der Waals surface area (Å²) < 4.78 is 5.73. The van der Waals surface area contributed by atoms with Crippen molar-refractivity contribution in [2.45, 2.75) is 18.6 Å². The third-order valence-electron chi connectivity index (χ3n) is 4.97. The Hall–Kier alpha value is -2.39. The fourth-order valence-corrected chi connectivity index (χ4v) is 3.48. The molecule has 3 rings (SSSR count). The Balaban J connectivity index is 1.55. The van der Waals surface area contributed by atoms with Crippen molar-refractivity contribution in [1.82, 2.24) is 9.80 Å². The standard InChI is InChI=1S/C22H27N3O2/c1-24-13-14-25(22(16-24)19-5-3-2-4-6-19)15-20(26)17-27-21-9-7-18(8-10-21)11-12-23/h2-10,20,22,26H,11,13-17H2,1H3/t20-,22-/m1/s1. The van der Waals surface area contributed by atoms with Crippen LogP contribution < -0.4 is 4.74 Å². The molecule has 0 saturated carbocycles. The van der Waals surface area contributed by atoms with Gasteiger partial charge in [0.1, 0.15) is 18.5 Å². The van der Waals surface area contributed by atoms with Gasteiger partial charge >= 0.3 is 0 Å². The van der Waals surface area contributed by atoms with Crippen molar-refractivity contribution in [3.63, 3.8) is 0 Å². The van der Waals surface area contributed by atoms with Crippen molar-refractivity contribution in [1.29, 1.82) is 5.26 Å². The number of aliphatic hydroxyl groups is 1. The Morgan fingerprint density at radius 1 is 1.15 bits per heavy atom. The zero-order chi connectivity index (χ0) is 19.1. The highest BCUT2D eigenvalue weighted by molar-refractivity contribution is 5.28. The first kappa shape index (κ1) is 19.4. The quantitative estimate of drug-likeness (QED) is 0.817. The minimum Gasteiger partial charge on any atom is -0.491 e. The summed E-state index contributed by atoms with van der Waals surface area (Å²) >= 11 is 0. The number of benzene rings is 2. The molecule has 27 heavy (non-hydrogen) atoms. The van der Waals surface area contributed by atoms with E-state index < -0.39 is 6.10 Å². The summed E-state index contributed by atoms with van der Waals surface area (Å²) in [6.45, 7) is 3.72. The van der Waals surface area contributed by atoms with E-state index in [2.05, 4.69) is 47.2 Å². The van der Waals surface area contributed by atoms with Crippen LogP contribution in [0.5, 0.6) is 5.75 Å². The van der Waals surface area contributed by atoms with Gasteiger partial charge in [-0.2, -0.15) is 5.26 Å². The number of aliphatic hydroxyl groups excluding tert-OH is 1. The van der Waals surface area contributed by atoms with Gasteiger partial charge in [0.25, 0.3) is 0 Å². The molecule has 1 aliphatic heterocycles. The summed E-state index contributed by atoms with van der Waals surface area (Å²) in [5.41, 5.74) is 2.25. The second-order valence-corrected chi connectivity index (χ2v) is 7.13. The molecule has 0 spiro atoms. The fourth-order valence-electron chi connectivity index (χ4n) is 3.48. The van der Waals surface area contributed by atoms with Gasteiger partial charge in [0.15, 0.2) is 0 Å².